The van der Waals surface area contributed by atoms with Crippen LogP contribution >= 0.6 is 0 Å². The fourth-order valence-electron chi connectivity index (χ4n) is 3.13. The first kappa shape index (κ1) is 16.5. The average Bonchev–Trinajstić information content (AvgIpc) is 2.63. The summed E-state index contributed by atoms with van der Waals surface area (Å²) in [5.41, 5.74) is 8.39. The van der Waals surface area contributed by atoms with Gasteiger partial charge in [0.2, 0.25) is 0 Å². The number of nitrogens with two attached hydrogens (primary N) is 1. The molecule has 1 fully saturated rings. The maximum Gasteiger partial charge on any atom is 0.255 e. The quantitative estimate of drug-likeness (QED) is 0.906. The Labute approximate surface area is 142 Å². The van der Waals surface area contributed by atoms with Gasteiger partial charge >= 0.3 is 0 Å². The Bertz CT molecular complexity index is 695. The number of methoxy groups -OCH3 is 1. The summed E-state index contributed by atoms with van der Waals surface area (Å²) in [4.78, 5) is 16.9. The lowest BCUT2D eigenvalue weighted by Crippen LogP contribution is -2.40. The molecular formula is C19H23N3O2. The van der Waals surface area contributed by atoms with E-state index in [0.717, 1.165) is 36.8 Å². The standard InChI is InChI=1S/C19H23N3O2/c1-24-18-9-4-13(14-3-2-10-21-12-14)11-17(18)19(23)22-16-7-5-15(20)6-8-16/h2-4,9-12,15-16H,5-8,20H2,1H3,(H,22,23). The van der Waals surface area contributed by atoms with E-state index < -0.39 is 0 Å². The first-order valence-electron chi connectivity index (χ1n) is 8.32. The molecule has 1 aliphatic carbocycles. The van der Waals surface area contributed by atoms with Crippen LogP contribution in [0.5, 0.6) is 5.75 Å². The summed E-state index contributed by atoms with van der Waals surface area (Å²) < 4.78 is 5.37. The molecule has 0 atom stereocenters. The molecule has 2 aromatic rings. The van der Waals surface area contributed by atoms with Gasteiger partial charge in [-0.3, -0.25) is 9.78 Å². The molecule has 3 rings (SSSR count). The first-order valence-corrected chi connectivity index (χ1v) is 8.32. The van der Waals surface area contributed by atoms with Gasteiger partial charge < -0.3 is 15.8 Å². The minimum atomic E-state index is -0.0990. The molecule has 0 spiro atoms. The van der Waals surface area contributed by atoms with Crippen LogP contribution in [0.3, 0.4) is 0 Å². The Morgan fingerprint density at radius 3 is 2.67 bits per heavy atom. The smallest absolute Gasteiger partial charge is 0.255 e. The predicted octanol–water partition coefficient (Wildman–Crippen LogP) is 2.76. The van der Waals surface area contributed by atoms with Gasteiger partial charge in [-0.2, -0.15) is 0 Å². The molecule has 0 bridgehead atoms. The summed E-state index contributed by atoms with van der Waals surface area (Å²) >= 11 is 0. The highest BCUT2D eigenvalue weighted by Gasteiger charge is 2.22. The first-order chi connectivity index (χ1) is 11.7. The molecule has 1 aromatic heterocycles. The van der Waals surface area contributed by atoms with E-state index in [1.165, 1.54) is 0 Å². The fourth-order valence-corrected chi connectivity index (χ4v) is 3.13. The molecular weight excluding hydrogens is 302 g/mol. The Morgan fingerprint density at radius 2 is 2.00 bits per heavy atom. The summed E-state index contributed by atoms with van der Waals surface area (Å²) in [5, 5.41) is 3.12. The van der Waals surface area contributed by atoms with Crippen LogP contribution in [-0.2, 0) is 0 Å². The highest BCUT2D eigenvalue weighted by Crippen LogP contribution is 2.27. The largest absolute Gasteiger partial charge is 0.496 e. The van der Waals surface area contributed by atoms with Gasteiger partial charge in [-0.05, 0) is 49.4 Å². The van der Waals surface area contributed by atoms with E-state index in [0.29, 0.717) is 11.3 Å². The number of ether oxygens (including phenoxy) is 1. The van der Waals surface area contributed by atoms with Crippen LogP contribution in [0.4, 0.5) is 0 Å². The van der Waals surface area contributed by atoms with Crippen molar-refractivity contribution in [3.63, 3.8) is 0 Å². The number of hydrogen-bond acceptors (Lipinski definition) is 4. The molecule has 0 saturated heterocycles. The van der Waals surface area contributed by atoms with Crippen LogP contribution in [-0.4, -0.2) is 30.1 Å². The molecule has 126 valence electrons. The zero-order valence-electron chi connectivity index (χ0n) is 13.9. The molecule has 0 aliphatic heterocycles. The number of nitrogens with zero attached hydrogens (tertiary/aromatic N) is 1. The van der Waals surface area contributed by atoms with Gasteiger partial charge in [-0.25, -0.2) is 0 Å². The number of nitrogens with one attached hydrogen (secondary N) is 1. The van der Waals surface area contributed by atoms with E-state index >= 15 is 0 Å². The van der Waals surface area contributed by atoms with Crippen LogP contribution < -0.4 is 15.8 Å². The summed E-state index contributed by atoms with van der Waals surface area (Å²) in [6.07, 6.45) is 7.28. The Hall–Kier alpha value is -2.40. The van der Waals surface area contributed by atoms with Crippen molar-refractivity contribution in [2.24, 2.45) is 5.73 Å². The molecule has 5 nitrogen and oxygen atoms in total. The number of aromatic nitrogens is 1. The monoisotopic (exact) mass is 325 g/mol. The van der Waals surface area contributed by atoms with Crippen molar-refractivity contribution < 1.29 is 9.53 Å². The minimum absolute atomic E-state index is 0.0990. The lowest BCUT2D eigenvalue weighted by Gasteiger charge is -2.27. The molecule has 1 saturated carbocycles. The molecule has 1 heterocycles. The number of carbonyl (C=O) groups excluding carboxylic acids is 1. The molecule has 1 aromatic carbocycles. The number of hydrogen-bond donors (Lipinski definition) is 2. The van der Waals surface area contributed by atoms with E-state index in [-0.39, 0.29) is 18.0 Å². The van der Waals surface area contributed by atoms with Crippen molar-refractivity contribution in [3.05, 3.63) is 48.3 Å². The van der Waals surface area contributed by atoms with E-state index in [2.05, 4.69) is 10.3 Å². The second-order valence-electron chi connectivity index (χ2n) is 6.24. The van der Waals surface area contributed by atoms with Gasteiger partial charge in [0.1, 0.15) is 5.75 Å². The van der Waals surface area contributed by atoms with Crippen LogP contribution in [0.1, 0.15) is 36.0 Å². The summed E-state index contributed by atoms with van der Waals surface area (Å²) in [5.74, 6) is 0.478. The molecule has 3 N–H and O–H groups in total. The van der Waals surface area contributed by atoms with E-state index in [4.69, 9.17) is 10.5 Å². The molecule has 1 amide bonds. The van der Waals surface area contributed by atoms with Crippen molar-refractivity contribution in [3.8, 4) is 16.9 Å². The third-order valence-corrected chi connectivity index (χ3v) is 4.55. The van der Waals surface area contributed by atoms with Crippen molar-refractivity contribution in [2.75, 3.05) is 7.11 Å². The SMILES string of the molecule is COc1ccc(-c2cccnc2)cc1C(=O)NC1CCC(N)CC1. The number of benzene rings is 1. The van der Waals surface area contributed by atoms with Gasteiger partial charge in [-0.1, -0.05) is 12.1 Å². The second kappa shape index (κ2) is 7.45. The maximum absolute atomic E-state index is 12.7. The molecule has 0 radical (unpaired) electrons. The van der Waals surface area contributed by atoms with Gasteiger partial charge in [0, 0.05) is 30.0 Å². The Morgan fingerprint density at radius 1 is 1.21 bits per heavy atom. The average molecular weight is 325 g/mol. The molecule has 5 heteroatoms. The van der Waals surface area contributed by atoms with Crippen molar-refractivity contribution in [2.45, 2.75) is 37.8 Å². The van der Waals surface area contributed by atoms with Crippen molar-refractivity contribution in [1.82, 2.24) is 10.3 Å². The molecule has 24 heavy (non-hydrogen) atoms. The second-order valence-corrected chi connectivity index (χ2v) is 6.24. The third kappa shape index (κ3) is 3.74. The van der Waals surface area contributed by atoms with E-state index in [1.54, 1.807) is 19.5 Å². The highest BCUT2D eigenvalue weighted by molar-refractivity contribution is 5.98. The molecule has 0 unspecified atom stereocenters. The summed E-state index contributed by atoms with van der Waals surface area (Å²) in [6.45, 7) is 0. The Kier molecular flexibility index (Phi) is 5.11. The molecule has 1 aliphatic rings. The number of carbonyl (C=O) groups is 1. The fraction of sp³-hybridized carbons (Fsp3) is 0.368. The predicted molar refractivity (Wildman–Crippen MR) is 93.9 cm³/mol. The zero-order chi connectivity index (χ0) is 16.9. The third-order valence-electron chi connectivity index (χ3n) is 4.55. The minimum Gasteiger partial charge on any atom is -0.496 e. The van der Waals surface area contributed by atoms with Gasteiger partial charge in [0.25, 0.3) is 5.91 Å². The highest BCUT2D eigenvalue weighted by atomic mass is 16.5. The summed E-state index contributed by atoms with van der Waals surface area (Å²) in [6, 6.07) is 9.93. The number of rotatable bonds is 4. The lowest BCUT2D eigenvalue weighted by atomic mass is 9.91. The number of amides is 1. The van der Waals surface area contributed by atoms with Crippen LogP contribution in [0, 0.1) is 0 Å². The van der Waals surface area contributed by atoms with Crippen molar-refractivity contribution in [1.29, 1.82) is 0 Å². The van der Waals surface area contributed by atoms with Gasteiger partial charge in [0.15, 0.2) is 0 Å². The topological polar surface area (TPSA) is 77.2 Å². The number of pyridine rings is 1. The van der Waals surface area contributed by atoms with Crippen LogP contribution in [0.15, 0.2) is 42.7 Å². The van der Waals surface area contributed by atoms with Crippen molar-refractivity contribution >= 4 is 5.91 Å². The van der Waals surface area contributed by atoms with E-state index in [9.17, 15) is 4.79 Å². The Balaban J connectivity index is 1.81. The zero-order valence-corrected chi connectivity index (χ0v) is 13.9. The maximum atomic E-state index is 12.7. The van der Waals surface area contributed by atoms with Crippen LogP contribution in [0.2, 0.25) is 0 Å². The lowest BCUT2D eigenvalue weighted by molar-refractivity contribution is 0.0923. The van der Waals surface area contributed by atoms with E-state index in [1.807, 2.05) is 30.3 Å². The summed E-state index contributed by atoms with van der Waals surface area (Å²) in [7, 11) is 1.58. The van der Waals surface area contributed by atoms with Gasteiger partial charge in [0.05, 0.1) is 12.7 Å². The normalized spacial score (nSPS) is 20.4. The van der Waals surface area contributed by atoms with Crippen LogP contribution in [0.25, 0.3) is 11.1 Å². The van der Waals surface area contributed by atoms with Gasteiger partial charge in [-0.15, -0.1) is 0 Å².